The van der Waals surface area contributed by atoms with E-state index in [9.17, 15) is 4.79 Å². The van der Waals surface area contributed by atoms with Crippen molar-refractivity contribution in [3.8, 4) is 0 Å². The molecule has 6 heteroatoms. The Labute approximate surface area is 167 Å². The van der Waals surface area contributed by atoms with Crippen LogP contribution in [0.5, 0.6) is 0 Å². The molecule has 0 fully saturated rings. The molecular weight excluding hydrogens is 381 g/mol. The zero-order valence-corrected chi connectivity index (χ0v) is 15.7. The van der Waals surface area contributed by atoms with Crippen LogP contribution in [0.3, 0.4) is 0 Å². The quantitative estimate of drug-likeness (QED) is 0.587. The van der Waals surface area contributed by atoms with Gasteiger partial charge in [0.2, 0.25) is 0 Å². The van der Waals surface area contributed by atoms with E-state index < -0.39 is 6.17 Å². The van der Waals surface area contributed by atoms with E-state index in [1.54, 1.807) is 36.5 Å². The number of fused-ring (bicyclic) bond motifs is 1. The summed E-state index contributed by atoms with van der Waals surface area (Å²) in [6.45, 7) is 0. The Morgan fingerprint density at radius 1 is 0.889 bits per heavy atom. The van der Waals surface area contributed by atoms with Crippen molar-refractivity contribution in [3.63, 3.8) is 0 Å². The van der Waals surface area contributed by atoms with Crippen LogP contribution in [0, 0.1) is 0 Å². The van der Waals surface area contributed by atoms with E-state index in [2.05, 4.69) is 10.4 Å². The number of amides is 1. The number of anilines is 1. The molecule has 3 aromatic rings. The third-order valence-corrected chi connectivity index (χ3v) is 4.79. The number of nitrogens with zero attached hydrogens (tertiary/aromatic N) is 2. The topological polar surface area (TPSA) is 44.7 Å². The van der Waals surface area contributed by atoms with Crippen molar-refractivity contribution < 1.29 is 4.79 Å². The van der Waals surface area contributed by atoms with Gasteiger partial charge in [-0.15, -0.1) is 0 Å². The summed E-state index contributed by atoms with van der Waals surface area (Å²) in [6.07, 6.45) is 1.21. The molecule has 0 saturated heterocycles. The van der Waals surface area contributed by atoms with E-state index in [0.717, 1.165) is 16.8 Å². The molecule has 4 nitrogen and oxygen atoms in total. The largest absolute Gasteiger partial charge is 0.359 e. The molecule has 4 rings (SSSR count). The highest BCUT2D eigenvalue weighted by Gasteiger charge is 2.32. The molecular formula is C21H15Cl2N3O. The molecule has 0 aromatic heterocycles. The van der Waals surface area contributed by atoms with Gasteiger partial charge in [-0.25, -0.2) is 5.01 Å². The number of rotatable bonds is 3. The fraction of sp³-hybridized carbons (Fsp3) is 0.0476. The van der Waals surface area contributed by atoms with Crippen molar-refractivity contribution >= 4 is 41.0 Å². The lowest BCUT2D eigenvalue weighted by Gasteiger charge is -2.34. The molecule has 1 atom stereocenters. The molecule has 0 spiro atoms. The number of halogens is 2. The number of hydrogen-bond acceptors (Lipinski definition) is 3. The Morgan fingerprint density at radius 3 is 2.22 bits per heavy atom. The monoisotopic (exact) mass is 395 g/mol. The average molecular weight is 396 g/mol. The predicted octanol–water partition coefficient (Wildman–Crippen LogP) is 5.59. The fourth-order valence-electron chi connectivity index (χ4n) is 2.91. The van der Waals surface area contributed by atoms with Crippen LogP contribution in [-0.2, 0) is 0 Å². The molecule has 27 heavy (non-hydrogen) atoms. The van der Waals surface area contributed by atoms with Crippen molar-refractivity contribution in [1.29, 1.82) is 0 Å². The first kappa shape index (κ1) is 17.6. The summed E-state index contributed by atoms with van der Waals surface area (Å²) < 4.78 is 0. The van der Waals surface area contributed by atoms with Crippen molar-refractivity contribution in [1.82, 2.24) is 5.01 Å². The molecule has 0 unspecified atom stereocenters. The zero-order chi connectivity index (χ0) is 18.8. The van der Waals surface area contributed by atoms with Gasteiger partial charge < -0.3 is 5.32 Å². The molecule has 1 heterocycles. The third-order valence-electron chi connectivity index (χ3n) is 4.29. The second kappa shape index (κ2) is 7.43. The molecule has 1 aliphatic heterocycles. The molecule has 0 radical (unpaired) electrons. The summed E-state index contributed by atoms with van der Waals surface area (Å²) in [7, 11) is 0. The maximum Gasteiger partial charge on any atom is 0.278 e. The number of hydrogen-bond donors (Lipinski definition) is 1. The number of carbonyl (C=O) groups is 1. The Morgan fingerprint density at radius 2 is 1.52 bits per heavy atom. The van der Waals surface area contributed by atoms with Gasteiger partial charge in [0.15, 0.2) is 6.17 Å². The lowest BCUT2D eigenvalue weighted by atomic mass is 10.1. The van der Waals surface area contributed by atoms with E-state index in [-0.39, 0.29) is 5.91 Å². The smallest absolute Gasteiger partial charge is 0.278 e. The van der Waals surface area contributed by atoms with Crippen LogP contribution in [0.15, 0.2) is 77.9 Å². The Hall–Kier alpha value is -2.82. The van der Waals surface area contributed by atoms with Crippen LogP contribution in [0.25, 0.3) is 0 Å². The van der Waals surface area contributed by atoms with Crippen LogP contribution >= 0.6 is 23.2 Å². The van der Waals surface area contributed by atoms with Crippen LogP contribution in [0.2, 0.25) is 10.0 Å². The SMILES string of the molecule is O=C1c2ccccc2N[C@@H](c2ccc(Cl)cc2)N1/N=C\c1ccc(Cl)cc1. The van der Waals surface area contributed by atoms with Gasteiger partial charge in [0.1, 0.15) is 0 Å². The zero-order valence-electron chi connectivity index (χ0n) is 14.1. The predicted molar refractivity (Wildman–Crippen MR) is 109 cm³/mol. The van der Waals surface area contributed by atoms with Crippen molar-refractivity contribution in [3.05, 3.63) is 99.5 Å². The van der Waals surface area contributed by atoms with Gasteiger partial charge in [0, 0.05) is 15.7 Å². The highest BCUT2D eigenvalue weighted by molar-refractivity contribution is 6.30. The highest BCUT2D eigenvalue weighted by Crippen LogP contribution is 2.33. The Kier molecular flexibility index (Phi) is 4.84. The van der Waals surface area contributed by atoms with Gasteiger partial charge in [0.05, 0.1) is 11.8 Å². The Bertz CT molecular complexity index is 1000. The van der Waals surface area contributed by atoms with Gasteiger partial charge in [-0.1, -0.05) is 59.6 Å². The normalized spacial score (nSPS) is 16.3. The minimum Gasteiger partial charge on any atom is -0.359 e. The van der Waals surface area contributed by atoms with Crippen LogP contribution in [0.4, 0.5) is 5.69 Å². The van der Waals surface area contributed by atoms with Crippen LogP contribution in [0.1, 0.15) is 27.7 Å². The number of para-hydroxylation sites is 1. The molecule has 1 N–H and O–H groups in total. The summed E-state index contributed by atoms with van der Waals surface area (Å²) in [4.78, 5) is 13.1. The number of carbonyl (C=O) groups excluding carboxylic acids is 1. The first-order chi connectivity index (χ1) is 13.1. The first-order valence-corrected chi connectivity index (χ1v) is 9.11. The maximum atomic E-state index is 13.1. The van der Waals surface area contributed by atoms with Crippen LogP contribution < -0.4 is 5.32 Å². The second-order valence-electron chi connectivity index (χ2n) is 6.09. The van der Waals surface area contributed by atoms with E-state index >= 15 is 0 Å². The number of benzene rings is 3. The lowest BCUT2D eigenvalue weighted by molar-refractivity contribution is 0.0691. The van der Waals surface area contributed by atoms with Crippen molar-refractivity contribution in [2.24, 2.45) is 5.10 Å². The van der Waals surface area contributed by atoms with Crippen molar-refractivity contribution in [2.75, 3.05) is 5.32 Å². The maximum absolute atomic E-state index is 13.1. The lowest BCUT2D eigenvalue weighted by Crippen LogP contribution is -2.39. The van der Waals surface area contributed by atoms with E-state index in [4.69, 9.17) is 23.2 Å². The third kappa shape index (κ3) is 3.68. The van der Waals surface area contributed by atoms with Crippen molar-refractivity contribution in [2.45, 2.75) is 6.17 Å². The number of hydrazone groups is 1. The molecule has 134 valence electrons. The van der Waals surface area contributed by atoms with Gasteiger partial charge in [-0.05, 0) is 47.5 Å². The summed E-state index contributed by atoms with van der Waals surface area (Å²) >= 11 is 11.9. The van der Waals surface area contributed by atoms with E-state index in [1.165, 1.54) is 5.01 Å². The van der Waals surface area contributed by atoms with E-state index in [0.29, 0.717) is 15.6 Å². The highest BCUT2D eigenvalue weighted by atomic mass is 35.5. The van der Waals surface area contributed by atoms with Gasteiger partial charge in [0.25, 0.3) is 5.91 Å². The summed E-state index contributed by atoms with van der Waals surface area (Å²) in [6, 6.07) is 22.0. The Balaban J connectivity index is 1.73. The average Bonchev–Trinajstić information content (AvgIpc) is 2.69. The van der Waals surface area contributed by atoms with E-state index in [1.807, 2.05) is 42.5 Å². The molecule has 3 aromatic carbocycles. The first-order valence-electron chi connectivity index (χ1n) is 8.36. The fourth-order valence-corrected chi connectivity index (χ4v) is 3.16. The summed E-state index contributed by atoms with van der Waals surface area (Å²) in [5.74, 6) is -0.172. The molecule has 1 amide bonds. The van der Waals surface area contributed by atoms with Crippen LogP contribution in [-0.4, -0.2) is 17.1 Å². The van der Waals surface area contributed by atoms with Gasteiger partial charge in [-0.2, -0.15) is 5.10 Å². The second-order valence-corrected chi connectivity index (χ2v) is 6.96. The number of nitrogens with one attached hydrogen (secondary N) is 1. The van der Waals surface area contributed by atoms with Gasteiger partial charge in [-0.3, -0.25) is 4.79 Å². The minimum atomic E-state index is -0.437. The summed E-state index contributed by atoms with van der Waals surface area (Å²) in [5.41, 5.74) is 3.09. The van der Waals surface area contributed by atoms with Gasteiger partial charge >= 0.3 is 0 Å². The standard InChI is InChI=1S/C21H15Cl2N3O/c22-16-9-5-14(6-10-16)13-24-26-20(15-7-11-17(23)12-8-15)25-19-4-2-1-3-18(19)21(26)27/h1-13,20,25H/b24-13-/t20-/m1/s1. The molecule has 0 aliphatic carbocycles. The minimum absolute atomic E-state index is 0.172. The summed E-state index contributed by atoms with van der Waals surface area (Å²) in [5, 5.41) is 10.6. The molecule has 0 saturated carbocycles. The molecule has 1 aliphatic rings. The molecule has 0 bridgehead atoms.